The number of halogens is 3. The highest BCUT2D eigenvalue weighted by Crippen LogP contribution is 2.32. The Morgan fingerprint density at radius 2 is 1.91 bits per heavy atom. The van der Waals surface area contributed by atoms with Gasteiger partial charge in [0.15, 0.2) is 5.78 Å². The van der Waals surface area contributed by atoms with E-state index < -0.39 is 27.8 Å². The first-order valence-electron chi connectivity index (χ1n) is 9.86. The minimum atomic E-state index is -4.39. The number of benzene rings is 1. The molecule has 0 saturated carbocycles. The minimum Gasteiger partial charge on any atom is -0.298 e. The Morgan fingerprint density at radius 1 is 1.16 bits per heavy atom. The van der Waals surface area contributed by atoms with Crippen molar-refractivity contribution in [3.63, 3.8) is 0 Å². The van der Waals surface area contributed by atoms with Crippen LogP contribution in [0.3, 0.4) is 0 Å². The summed E-state index contributed by atoms with van der Waals surface area (Å²) in [6, 6.07) is 7.31. The lowest BCUT2D eigenvalue weighted by molar-refractivity contribution is -0.137. The van der Waals surface area contributed by atoms with Crippen molar-refractivity contribution in [1.82, 2.24) is 9.29 Å². The Hall–Kier alpha value is -2.08. The number of thiazole rings is 1. The van der Waals surface area contributed by atoms with Crippen LogP contribution in [0.2, 0.25) is 0 Å². The average molecular weight is 501 g/mol. The number of sulfonamides is 1. The second kappa shape index (κ2) is 9.05. The Kier molecular flexibility index (Phi) is 6.53. The van der Waals surface area contributed by atoms with Crippen molar-refractivity contribution in [3.05, 3.63) is 57.7 Å². The molecule has 0 bridgehead atoms. The summed E-state index contributed by atoms with van der Waals surface area (Å²) in [5.41, 5.74) is 0.394. The summed E-state index contributed by atoms with van der Waals surface area (Å²) in [5.74, 6) is -0.145. The second-order valence-electron chi connectivity index (χ2n) is 7.37. The van der Waals surface area contributed by atoms with Gasteiger partial charge in [-0.1, -0.05) is 18.2 Å². The monoisotopic (exact) mass is 500 g/mol. The SMILES string of the molecule is O=C(CCc1nc(-c2ccc(C(F)(F)F)cc2)cs1)[C@@H]1CCCN1S(=O)(=O)c1cccs1. The van der Waals surface area contributed by atoms with Crippen LogP contribution < -0.4 is 0 Å². The summed E-state index contributed by atoms with van der Waals surface area (Å²) in [5, 5.41) is 4.11. The molecular formula is C21H19F3N2O3S3. The predicted octanol–water partition coefficient (Wildman–Crippen LogP) is 5.25. The number of carbonyl (C=O) groups is 1. The largest absolute Gasteiger partial charge is 0.416 e. The molecule has 1 aliphatic heterocycles. The lowest BCUT2D eigenvalue weighted by Crippen LogP contribution is -2.40. The Balaban J connectivity index is 1.40. The number of aryl methyl sites for hydroxylation is 1. The van der Waals surface area contributed by atoms with Gasteiger partial charge in [-0.15, -0.1) is 22.7 Å². The first-order chi connectivity index (χ1) is 15.2. The van der Waals surface area contributed by atoms with Gasteiger partial charge in [0.1, 0.15) is 4.21 Å². The van der Waals surface area contributed by atoms with Gasteiger partial charge in [0.2, 0.25) is 0 Å². The summed E-state index contributed by atoms with van der Waals surface area (Å²) < 4.78 is 65.4. The van der Waals surface area contributed by atoms with Gasteiger partial charge in [-0.2, -0.15) is 17.5 Å². The van der Waals surface area contributed by atoms with Gasteiger partial charge in [0, 0.05) is 30.3 Å². The highest BCUT2D eigenvalue weighted by atomic mass is 32.2. The molecule has 3 heterocycles. The van der Waals surface area contributed by atoms with Crippen molar-refractivity contribution in [2.24, 2.45) is 0 Å². The van der Waals surface area contributed by atoms with Crippen molar-refractivity contribution in [3.8, 4) is 11.3 Å². The van der Waals surface area contributed by atoms with E-state index in [-0.39, 0.29) is 16.4 Å². The quantitative estimate of drug-likeness (QED) is 0.445. The molecule has 5 nitrogen and oxygen atoms in total. The third kappa shape index (κ3) is 4.80. The third-order valence-corrected chi connectivity index (χ3v) is 9.47. The van der Waals surface area contributed by atoms with E-state index in [0.717, 1.165) is 23.5 Å². The van der Waals surface area contributed by atoms with Crippen LogP contribution in [0.1, 0.15) is 29.8 Å². The molecule has 0 N–H and O–H groups in total. The third-order valence-electron chi connectivity index (χ3n) is 5.28. The van der Waals surface area contributed by atoms with Crippen LogP contribution in [0.4, 0.5) is 13.2 Å². The average Bonchev–Trinajstić information content (AvgIpc) is 3.53. The second-order valence-corrected chi connectivity index (χ2v) is 11.4. The van der Waals surface area contributed by atoms with Gasteiger partial charge in [-0.05, 0) is 36.4 Å². The van der Waals surface area contributed by atoms with Crippen LogP contribution >= 0.6 is 22.7 Å². The fourth-order valence-electron chi connectivity index (χ4n) is 3.66. The van der Waals surface area contributed by atoms with Gasteiger partial charge >= 0.3 is 6.18 Å². The smallest absolute Gasteiger partial charge is 0.298 e. The molecule has 0 aliphatic carbocycles. The summed E-state index contributed by atoms with van der Waals surface area (Å²) in [7, 11) is -3.68. The van der Waals surface area contributed by atoms with Crippen molar-refractivity contribution in [1.29, 1.82) is 0 Å². The van der Waals surface area contributed by atoms with Crippen LogP contribution in [0, 0.1) is 0 Å². The Morgan fingerprint density at radius 3 is 2.56 bits per heavy atom. The number of hydrogen-bond acceptors (Lipinski definition) is 6. The van der Waals surface area contributed by atoms with E-state index in [2.05, 4.69) is 4.98 Å². The summed E-state index contributed by atoms with van der Waals surface area (Å²) in [4.78, 5) is 17.3. The zero-order valence-corrected chi connectivity index (χ0v) is 19.2. The maximum atomic E-state index is 12.8. The van der Waals surface area contributed by atoms with Crippen molar-refractivity contribution >= 4 is 38.5 Å². The molecule has 0 unspecified atom stereocenters. The maximum Gasteiger partial charge on any atom is 0.416 e. The normalized spacial score (nSPS) is 17.7. The van der Waals surface area contributed by atoms with Crippen molar-refractivity contribution in [2.45, 2.75) is 42.1 Å². The van der Waals surface area contributed by atoms with Gasteiger partial charge in [-0.25, -0.2) is 13.4 Å². The summed E-state index contributed by atoms with van der Waals surface area (Å²) in [6.45, 7) is 0.325. The molecule has 1 aliphatic rings. The number of Topliss-reactive ketones (excluding diaryl/α,β-unsaturated/α-hetero) is 1. The predicted molar refractivity (Wildman–Crippen MR) is 117 cm³/mol. The summed E-state index contributed by atoms with van der Waals surface area (Å²) in [6.07, 6.45) is -2.75. The van der Waals surface area contributed by atoms with E-state index in [1.165, 1.54) is 33.8 Å². The van der Waals surface area contributed by atoms with Crippen LogP contribution in [-0.4, -0.2) is 36.1 Å². The molecule has 32 heavy (non-hydrogen) atoms. The molecule has 1 atom stereocenters. The van der Waals surface area contributed by atoms with Gasteiger partial charge in [0.05, 0.1) is 22.3 Å². The molecule has 1 fully saturated rings. The molecule has 0 spiro atoms. The lowest BCUT2D eigenvalue weighted by Gasteiger charge is -2.22. The number of nitrogens with zero attached hydrogens (tertiary/aromatic N) is 2. The molecule has 11 heteroatoms. The lowest BCUT2D eigenvalue weighted by atomic mass is 10.1. The van der Waals surface area contributed by atoms with E-state index in [1.54, 1.807) is 16.8 Å². The number of rotatable bonds is 7. The Bertz CT molecular complexity index is 1190. The van der Waals surface area contributed by atoms with Gasteiger partial charge < -0.3 is 0 Å². The zero-order valence-electron chi connectivity index (χ0n) is 16.7. The molecule has 0 amide bonds. The molecule has 2 aromatic heterocycles. The number of carbonyl (C=O) groups excluding carboxylic acids is 1. The highest BCUT2D eigenvalue weighted by molar-refractivity contribution is 7.91. The first kappa shape index (κ1) is 23.1. The van der Waals surface area contributed by atoms with Gasteiger partial charge in [0.25, 0.3) is 10.0 Å². The van der Waals surface area contributed by atoms with E-state index in [1.807, 2.05) is 0 Å². The molecular weight excluding hydrogens is 481 g/mol. The van der Waals surface area contributed by atoms with Crippen molar-refractivity contribution < 1.29 is 26.4 Å². The minimum absolute atomic E-state index is 0.145. The van der Waals surface area contributed by atoms with Crippen LogP contribution in [-0.2, 0) is 27.4 Å². The standard InChI is InChI=1S/C21H19F3N2O3S3/c22-21(23,24)15-7-5-14(6-8-15)16-13-31-19(25-16)10-9-18(27)17-3-1-11-26(17)32(28,29)20-4-2-12-30-20/h2,4-8,12-13,17H,1,3,9-11H2/t17-/m0/s1. The van der Waals surface area contributed by atoms with Gasteiger partial charge in [-0.3, -0.25) is 4.79 Å². The molecule has 1 aromatic carbocycles. The number of aromatic nitrogens is 1. The van der Waals surface area contributed by atoms with Crippen LogP contribution in [0.5, 0.6) is 0 Å². The zero-order chi connectivity index (χ0) is 22.9. The number of hydrogen-bond donors (Lipinski definition) is 0. The maximum absolute atomic E-state index is 12.8. The van der Waals surface area contributed by atoms with Crippen LogP contribution in [0.15, 0.2) is 51.4 Å². The van der Waals surface area contributed by atoms with E-state index >= 15 is 0 Å². The fourth-order valence-corrected chi connectivity index (χ4v) is 7.27. The van der Waals surface area contributed by atoms with Crippen LogP contribution in [0.25, 0.3) is 11.3 Å². The fraction of sp³-hybridized carbons (Fsp3) is 0.333. The van der Waals surface area contributed by atoms with E-state index in [4.69, 9.17) is 0 Å². The molecule has 170 valence electrons. The topological polar surface area (TPSA) is 67.3 Å². The number of alkyl halides is 3. The van der Waals surface area contributed by atoms with E-state index in [9.17, 15) is 26.4 Å². The Labute approximate surface area is 191 Å². The van der Waals surface area contributed by atoms with E-state index in [0.29, 0.717) is 42.1 Å². The molecule has 0 radical (unpaired) electrons. The molecule has 1 saturated heterocycles. The first-order valence-corrected chi connectivity index (χ1v) is 13.1. The summed E-state index contributed by atoms with van der Waals surface area (Å²) >= 11 is 2.46. The number of thiophene rings is 1. The molecule has 4 rings (SSSR count). The van der Waals surface area contributed by atoms with Crippen molar-refractivity contribution in [2.75, 3.05) is 6.54 Å². The number of ketones is 1. The highest BCUT2D eigenvalue weighted by Gasteiger charge is 2.39. The molecule has 3 aromatic rings.